The van der Waals surface area contributed by atoms with Crippen LogP contribution in [0.4, 0.5) is 0 Å². The third-order valence-corrected chi connectivity index (χ3v) is 2.97. The number of ether oxygens (including phenoxy) is 2. The maximum absolute atomic E-state index is 5.33. The van der Waals surface area contributed by atoms with Crippen molar-refractivity contribution >= 4 is 6.08 Å². The number of hydrogen-bond acceptors (Lipinski definition) is 2. The molecule has 0 bridgehead atoms. The highest BCUT2D eigenvalue weighted by atomic mass is 16.5. The van der Waals surface area contributed by atoms with Gasteiger partial charge in [-0.3, -0.25) is 0 Å². The van der Waals surface area contributed by atoms with Gasteiger partial charge in [0, 0.05) is 5.56 Å². The van der Waals surface area contributed by atoms with Gasteiger partial charge in [-0.15, -0.1) is 0 Å². The van der Waals surface area contributed by atoms with Crippen LogP contribution in [-0.2, 0) is 6.42 Å². The normalized spacial score (nSPS) is 10.6. The minimum Gasteiger partial charge on any atom is -0.496 e. The van der Waals surface area contributed by atoms with Crippen LogP contribution >= 0.6 is 0 Å². The molecule has 2 nitrogen and oxygen atoms in total. The number of methoxy groups -OCH3 is 2. The first-order chi connectivity index (χ1) is 9.35. The molecule has 0 fully saturated rings. The summed E-state index contributed by atoms with van der Waals surface area (Å²) in [5.41, 5.74) is 2.26. The molecule has 0 heterocycles. The average molecular weight is 254 g/mol. The third-order valence-electron chi connectivity index (χ3n) is 2.97. The first kappa shape index (κ1) is 13.2. The van der Waals surface area contributed by atoms with Gasteiger partial charge < -0.3 is 9.47 Å². The Labute approximate surface area is 114 Å². The van der Waals surface area contributed by atoms with Crippen LogP contribution in [0.2, 0.25) is 0 Å². The first-order valence-electron chi connectivity index (χ1n) is 6.26. The Hall–Kier alpha value is -2.22. The van der Waals surface area contributed by atoms with Gasteiger partial charge in [0.05, 0.1) is 14.2 Å². The maximum Gasteiger partial charge on any atom is 0.126 e. The van der Waals surface area contributed by atoms with Crippen molar-refractivity contribution in [3.05, 3.63) is 65.7 Å². The molecule has 0 aliphatic heterocycles. The SMILES string of the molecule is COc1ccccc1/C=C/Cc1ccccc1OC. The van der Waals surface area contributed by atoms with Gasteiger partial charge in [0.15, 0.2) is 0 Å². The van der Waals surface area contributed by atoms with Crippen molar-refractivity contribution in [2.24, 2.45) is 0 Å². The predicted molar refractivity (Wildman–Crippen MR) is 78.7 cm³/mol. The van der Waals surface area contributed by atoms with Crippen molar-refractivity contribution in [2.75, 3.05) is 14.2 Å². The lowest BCUT2D eigenvalue weighted by Gasteiger charge is -2.06. The Balaban J connectivity index is 2.11. The van der Waals surface area contributed by atoms with Gasteiger partial charge >= 0.3 is 0 Å². The van der Waals surface area contributed by atoms with Crippen molar-refractivity contribution < 1.29 is 9.47 Å². The second-order valence-corrected chi connectivity index (χ2v) is 4.16. The van der Waals surface area contributed by atoms with Gasteiger partial charge in [-0.1, -0.05) is 48.6 Å². The van der Waals surface area contributed by atoms with Crippen LogP contribution in [0, 0.1) is 0 Å². The van der Waals surface area contributed by atoms with Gasteiger partial charge in [-0.05, 0) is 24.1 Å². The quantitative estimate of drug-likeness (QED) is 0.804. The van der Waals surface area contributed by atoms with E-state index in [1.54, 1.807) is 14.2 Å². The van der Waals surface area contributed by atoms with E-state index in [1.165, 1.54) is 5.56 Å². The molecule has 0 aromatic heterocycles. The lowest BCUT2D eigenvalue weighted by atomic mass is 10.1. The van der Waals surface area contributed by atoms with Crippen LogP contribution in [0.25, 0.3) is 6.08 Å². The van der Waals surface area contributed by atoms with Gasteiger partial charge in [-0.2, -0.15) is 0 Å². The number of allylic oxidation sites excluding steroid dienone is 1. The average Bonchev–Trinajstić information content (AvgIpc) is 2.48. The molecule has 2 rings (SSSR count). The van der Waals surface area contributed by atoms with Gasteiger partial charge in [0.1, 0.15) is 11.5 Å². The summed E-state index contributed by atoms with van der Waals surface area (Å²) in [4.78, 5) is 0. The zero-order valence-electron chi connectivity index (χ0n) is 11.3. The number of benzene rings is 2. The van der Waals surface area contributed by atoms with Crippen LogP contribution in [0.5, 0.6) is 11.5 Å². The van der Waals surface area contributed by atoms with Crippen LogP contribution in [0.3, 0.4) is 0 Å². The summed E-state index contributed by atoms with van der Waals surface area (Å²) in [6.07, 6.45) is 5.03. The number of rotatable bonds is 5. The summed E-state index contributed by atoms with van der Waals surface area (Å²) in [6.45, 7) is 0. The van der Waals surface area contributed by atoms with Crippen molar-refractivity contribution in [2.45, 2.75) is 6.42 Å². The lowest BCUT2D eigenvalue weighted by molar-refractivity contribution is 0.410. The second-order valence-electron chi connectivity index (χ2n) is 4.16. The molecule has 98 valence electrons. The van der Waals surface area contributed by atoms with E-state index in [4.69, 9.17) is 9.47 Å². The summed E-state index contributed by atoms with van der Waals surface area (Å²) in [6, 6.07) is 16.0. The van der Waals surface area contributed by atoms with E-state index in [9.17, 15) is 0 Å². The molecule has 2 aromatic rings. The van der Waals surface area contributed by atoms with E-state index in [0.29, 0.717) is 0 Å². The Bertz CT molecular complexity index is 559. The van der Waals surface area contributed by atoms with E-state index >= 15 is 0 Å². The molecular formula is C17H18O2. The lowest BCUT2D eigenvalue weighted by Crippen LogP contribution is -1.90. The molecule has 0 N–H and O–H groups in total. The number of para-hydroxylation sites is 2. The standard InChI is InChI=1S/C17H18O2/c1-18-16-12-5-3-8-14(16)10-7-11-15-9-4-6-13-17(15)19-2/h3-10,12-13H,11H2,1-2H3/b10-7+. The van der Waals surface area contributed by atoms with Crippen LogP contribution < -0.4 is 9.47 Å². The summed E-state index contributed by atoms with van der Waals surface area (Å²) in [5, 5.41) is 0. The third kappa shape index (κ3) is 3.38. The topological polar surface area (TPSA) is 18.5 Å². The Morgan fingerprint density at radius 1 is 0.842 bits per heavy atom. The highest BCUT2D eigenvalue weighted by molar-refractivity contribution is 5.57. The van der Waals surface area contributed by atoms with E-state index in [0.717, 1.165) is 23.5 Å². The van der Waals surface area contributed by atoms with E-state index in [-0.39, 0.29) is 0 Å². The highest BCUT2D eigenvalue weighted by Gasteiger charge is 2.00. The van der Waals surface area contributed by atoms with E-state index < -0.39 is 0 Å². The smallest absolute Gasteiger partial charge is 0.126 e. The van der Waals surface area contributed by atoms with E-state index in [1.807, 2.05) is 42.5 Å². The maximum atomic E-state index is 5.33. The highest BCUT2D eigenvalue weighted by Crippen LogP contribution is 2.21. The Kier molecular flexibility index (Phi) is 4.62. The summed E-state index contributed by atoms with van der Waals surface area (Å²) in [5.74, 6) is 1.81. The Morgan fingerprint density at radius 2 is 1.47 bits per heavy atom. The molecule has 0 aliphatic carbocycles. The first-order valence-corrected chi connectivity index (χ1v) is 6.26. The largest absolute Gasteiger partial charge is 0.496 e. The molecule has 0 saturated carbocycles. The van der Waals surface area contributed by atoms with Crippen molar-refractivity contribution in [3.8, 4) is 11.5 Å². The van der Waals surface area contributed by atoms with Crippen molar-refractivity contribution in [1.29, 1.82) is 0 Å². The van der Waals surface area contributed by atoms with Gasteiger partial charge in [-0.25, -0.2) is 0 Å². The molecule has 0 atom stereocenters. The molecule has 19 heavy (non-hydrogen) atoms. The minimum atomic E-state index is 0.835. The fourth-order valence-corrected chi connectivity index (χ4v) is 1.99. The molecule has 0 unspecified atom stereocenters. The van der Waals surface area contributed by atoms with Crippen LogP contribution in [0.15, 0.2) is 54.6 Å². The molecule has 0 amide bonds. The second kappa shape index (κ2) is 6.64. The molecule has 0 radical (unpaired) electrons. The Morgan fingerprint density at radius 3 is 2.21 bits per heavy atom. The molecule has 2 heteroatoms. The fraction of sp³-hybridized carbons (Fsp3) is 0.176. The minimum absolute atomic E-state index is 0.835. The summed E-state index contributed by atoms with van der Waals surface area (Å²) < 4.78 is 10.7. The summed E-state index contributed by atoms with van der Waals surface area (Å²) >= 11 is 0. The monoisotopic (exact) mass is 254 g/mol. The molecule has 2 aromatic carbocycles. The van der Waals surface area contributed by atoms with Crippen molar-refractivity contribution in [1.82, 2.24) is 0 Å². The summed E-state index contributed by atoms with van der Waals surface area (Å²) in [7, 11) is 3.38. The molecule has 0 saturated heterocycles. The van der Waals surface area contributed by atoms with E-state index in [2.05, 4.69) is 18.2 Å². The zero-order valence-corrected chi connectivity index (χ0v) is 11.3. The predicted octanol–water partition coefficient (Wildman–Crippen LogP) is 3.96. The van der Waals surface area contributed by atoms with Crippen LogP contribution in [0.1, 0.15) is 11.1 Å². The number of hydrogen-bond donors (Lipinski definition) is 0. The van der Waals surface area contributed by atoms with Crippen molar-refractivity contribution in [3.63, 3.8) is 0 Å². The zero-order chi connectivity index (χ0) is 13.5. The molecular weight excluding hydrogens is 236 g/mol. The molecule has 0 spiro atoms. The van der Waals surface area contributed by atoms with Crippen LogP contribution in [-0.4, -0.2) is 14.2 Å². The van der Waals surface area contributed by atoms with Gasteiger partial charge in [0.2, 0.25) is 0 Å². The van der Waals surface area contributed by atoms with Gasteiger partial charge in [0.25, 0.3) is 0 Å². The fourth-order valence-electron chi connectivity index (χ4n) is 1.99. The molecule has 0 aliphatic rings.